The number of aromatic nitrogens is 3. The third-order valence-electron chi connectivity index (χ3n) is 3.41. The molecule has 0 atom stereocenters. The van der Waals surface area contributed by atoms with Gasteiger partial charge in [-0.15, -0.1) is 10.2 Å². The van der Waals surface area contributed by atoms with Gasteiger partial charge in [-0.05, 0) is 31.9 Å². The van der Waals surface area contributed by atoms with Gasteiger partial charge in [0.2, 0.25) is 5.91 Å². The summed E-state index contributed by atoms with van der Waals surface area (Å²) in [5, 5.41) is 12.3. The molecule has 5 nitrogen and oxygen atoms in total. The van der Waals surface area contributed by atoms with Crippen LogP contribution in [0, 0.1) is 0 Å². The Kier molecular flexibility index (Phi) is 4.83. The standard InChI is InChI=1S/C15H17BrN4OS/c1-2-20-14(10-3-5-11(16)6-4-10)18-19-15(20)22-9-13(21)17-12-7-8-12/h3-6,12H,2,7-9H2,1H3,(H,17,21). The highest BCUT2D eigenvalue weighted by Gasteiger charge is 2.23. The molecule has 1 aromatic carbocycles. The molecule has 1 aliphatic rings. The highest BCUT2D eigenvalue weighted by atomic mass is 79.9. The lowest BCUT2D eigenvalue weighted by molar-refractivity contribution is -0.118. The molecule has 1 saturated carbocycles. The fraction of sp³-hybridized carbons (Fsp3) is 0.400. The minimum absolute atomic E-state index is 0.0725. The van der Waals surface area contributed by atoms with Gasteiger partial charge in [0, 0.05) is 22.6 Å². The first-order valence-corrected chi connectivity index (χ1v) is 9.06. The molecular formula is C15H17BrN4OS. The van der Waals surface area contributed by atoms with Gasteiger partial charge in [-0.25, -0.2) is 0 Å². The molecule has 0 bridgehead atoms. The van der Waals surface area contributed by atoms with Crippen molar-refractivity contribution in [3.8, 4) is 11.4 Å². The highest BCUT2D eigenvalue weighted by molar-refractivity contribution is 9.10. The van der Waals surface area contributed by atoms with Crippen molar-refractivity contribution in [3.63, 3.8) is 0 Å². The molecular weight excluding hydrogens is 364 g/mol. The molecule has 0 aliphatic heterocycles. The zero-order valence-corrected chi connectivity index (χ0v) is 14.7. The van der Waals surface area contributed by atoms with Crippen LogP contribution in [0.2, 0.25) is 0 Å². The van der Waals surface area contributed by atoms with Crippen LogP contribution in [0.1, 0.15) is 19.8 Å². The number of thioether (sulfide) groups is 1. The van der Waals surface area contributed by atoms with Gasteiger partial charge >= 0.3 is 0 Å². The number of hydrogen-bond donors (Lipinski definition) is 1. The molecule has 1 N–H and O–H groups in total. The van der Waals surface area contributed by atoms with Gasteiger partial charge in [0.05, 0.1) is 5.75 Å². The van der Waals surface area contributed by atoms with Gasteiger partial charge in [-0.2, -0.15) is 0 Å². The van der Waals surface area contributed by atoms with Gasteiger partial charge in [0.15, 0.2) is 11.0 Å². The van der Waals surface area contributed by atoms with Gasteiger partial charge < -0.3 is 9.88 Å². The number of hydrogen-bond acceptors (Lipinski definition) is 4. The molecule has 1 fully saturated rings. The molecule has 3 rings (SSSR count). The molecule has 116 valence electrons. The molecule has 0 saturated heterocycles. The predicted octanol–water partition coefficient (Wildman–Crippen LogP) is 3.10. The van der Waals surface area contributed by atoms with E-state index in [-0.39, 0.29) is 5.91 Å². The smallest absolute Gasteiger partial charge is 0.230 e. The van der Waals surface area contributed by atoms with Crippen molar-refractivity contribution >= 4 is 33.6 Å². The fourth-order valence-corrected chi connectivity index (χ4v) is 3.20. The third kappa shape index (κ3) is 3.70. The Balaban J connectivity index is 1.72. The summed E-state index contributed by atoms with van der Waals surface area (Å²) in [5.41, 5.74) is 1.02. The van der Waals surface area contributed by atoms with E-state index in [1.54, 1.807) is 0 Å². The van der Waals surface area contributed by atoms with E-state index in [1.807, 2.05) is 28.8 Å². The van der Waals surface area contributed by atoms with Crippen molar-refractivity contribution in [2.75, 3.05) is 5.75 Å². The molecule has 1 aromatic heterocycles. The van der Waals surface area contributed by atoms with Crippen LogP contribution in [-0.4, -0.2) is 32.5 Å². The highest BCUT2D eigenvalue weighted by Crippen LogP contribution is 2.25. The van der Waals surface area contributed by atoms with E-state index in [0.29, 0.717) is 11.8 Å². The number of carbonyl (C=O) groups is 1. The van der Waals surface area contributed by atoms with Crippen LogP contribution in [0.5, 0.6) is 0 Å². The summed E-state index contributed by atoms with van der Waals surface area (Å²) in [6.45, 7) is 2.82. The van der Waals surface area contributed by atoms with Crippen LogP contribution in [0.4, 0.5) is 0 Å². The second kappa shape index (κ2) is 6.83. The summed E-state index contributed by atoms with van der Waals surface area (Å²) in [5.74, 6) is 1.29. The van der Waals surface area contributed by atoms with Gasteiger partial charge in [-0.1, -0.05) is 39.8 Å². The summed E-state index contributed by atoms with van der Waals surface area (Å²) in [6, 6.07) is 8.39. The zero-order chi connectivity index (χ0) is 15.5. The molecule has 1 amide bonds. The molecule has 0 spiro atoms. The molecule has 1 aliphatic carbocycles. The first kappa shape index (κ1) is 15.6. The lowest BCUT2D eigenvalue weighted by atomic mass is 10.2. The van der Waals surface area contributed by atoms with E-state index in [9.17, 15) is 4.79 Å². The number of amides is 1. The van der Waals surface area contributed by atoms with Crippen LogP contribution < -0.4 is 5.32 Å². The van der Waals surface area contributed by atoms with Crippen molar-refractivity contribution in [3.05, 3.63) is 28.7 Å². The Bertz CT molecular complexity index is 667. The van der Waals surface area contributed by atoms with Gasteiger partial charge in [-0.3, -0.25) is 4.79 Å². The van der Waals surface area contributed by atoms with Crippen LogP contribution in [0.25, 0.3) is 11.4 Å². The molecule has 0 unspecified atom stereocenters. The lowest BCUT2D eigenvalue weighted by Gasteiger charge is -2.07. The Hall–Kier alpha value is -1.34. The topological polar surface area (TPSA) is 59.8 Å². The van der Waals surface area contributed by atoms with E-state index in [2.05, 4.69) is 38.4 Å². The van der Waals surface area contributed by atoms with Crippen molar-refractivity contribution < 1.29 is 4.79 Å². The first-order chi connectivity index (χ1) is 10.7. The Morgan fingerprint density at radius 2 is 2.09 bits per heavy atom. The SMILES string of the molecule is CCn1c(SCC(=O)NC2CC2)nnc1-c1ccc(Br)cc1. The average molecular weight is 381 g/mol. The molecule has 22 heavy (non-hydrogen) atoms. The number of nitrogens with one attached hydrogen (secondary N) is 1. The molecule has 2 aromatic rings. The number of rotatable bonds is 6. The average Bonchev–Trinajstić information content (AvgIpc) is 3.23. The third-order valence-corrected chi connectivity index (χ3v) is 4.91. The number of benzene rings is 1. The molecule has 1 heterocycles. The van der Waals surface area contributed by atoms with E-state index in [1.165, 1.54) is 11.8 Å². The van der Waals surface area contributed by atoms with Crippen molar-refractivity contribution in [2.45, 2.75) is 37.5 Å². The maximum Gasteiger partial charge on any atom is 0.230 e. The Morgan fingerprint density at radius 3 is 2.73 bits per heavy atom. The minimum Gasteiger partial charge on any atom is -0.353 e. The lowest BCUT2D eigenvalue weighted by Crippen LogP contribution is -2.27. The fourth-order valence-electron chi connectivity index (χ4n) is 2.12. The summed E-state index contributed by atoms with van der Waals surface area (Å²) in [4.78, 5) is 11.8. The summed E-state index contributed by atoms with van der Waals surface area (Å²) in [7, 11) is 0. The van der Waals surface area contributed by atoms with Gasteiger partial charge in [0.25, 0.3) is 0 Å². The van der Waals surface area contributed by atoms with E-state index < -0.39 is 0 Å². The molecule has 0 radical (unpaired) electrons. The Labute approximate surface area is 142 Å². The first-order valence-electron chi connectivity index (χ1n) is 7.28. The largest absolute Gasteiger partial charge is 0.353 e. The van der Waals surface area contributed by atoms with Crippen molar-refractivity contribution in [1.82, 2.24) is 20.1 Å². The second-order valence-electron chi connectivity index (χ2n) is 5.19. The number of carbonyl (C=O) groups excluding carboxylic acids is 1. The zero-order valence-electron chi connectivity index (χ0n) is 12.3. The van der Waals surface area contributed by atoms with Gasteiger partial charge in [0.1, 0.15) is 0 Å². The normalized spacial score (nSPS) is 14.1. The quantitative estimate of drug-likeness (QED) is 0.782. The predicted molar refractivity (Wildman–Crippen MR) is 90.7 cm³/mol. The van der Waals surface area contributed by atoms with Crippen molar-refractivity contribution in [2.24, 2.45) is 0 Å². The molecule has 7 heteroatoms. The summed E-state index contributed by atoms with van der Waals surface area (Å²) >= 11 is 4.87. The summed E-state index contributed by atoms with van der Waals surface area (Å²) in [6.07, 6.45) is 2.21. The van der Waals surface area contributed by atoms with Crippen molar-refractivity contribution in [1.29, 1.82) is 0 Å². The summed E-state index contributed by atoms with van der Waals surface area (Å²) < 4.78 is 3.07. The maximum atomic E-state index is 11.8. The number of halogens is 1. The van der Waals surface area contributed by atoms with Crippen LogP contribution >= 0.6 is 27.7 Å². The van der Waals surface area contributed by atoms with Crippen LogP contribution in [0.15, 0.2) is 33.9 Å². The Morgan fingerprint density at radius 1 is 1.36 bits per heavy atom. The van der Waals surface area contributed by atoms with E-state index >= 15 is 0 Å². The van der Waals surface area contributed by atoms with Crippen LogP contribution in [0.3, 0.4) is 0 Å². The van der Waals surface area contributed by atoms with E-state index in [0.717, 1.165) is 40.4 Å². The maximum absolute atomic E-state index is 11.8. The number of nitrogens with zero attached hydrogens (tertiary/aromatic N) is 3. The second-order valence-corrected chi connectivity index (χ2v) is 7.05. The van der Waals surface area contributed by atoms with E-state index in [4.69, 9.17) is 0 Å². The monoisotopic (exact) mass is 380 g/mol. The minimum atomic E-state index is 0.0725. The van der Waals surface area contributed by atoms with Crippen LogP contribution in [-0.2, 0) is 11.3 Å².